The largest absolute Gasteiger partial charge is 0.196 e. The van der Waals surface area contributed by atoms with Gasteiger partial charge in [-0.1, -0.05) is 25.3 Å². The van der Waals surface area contributed by atoms with Crippen molar-refractivity contribution in [3.8, 4) is 12.1 Å². The summed E-state index contributed by atoms with van der Waals surface area (Å²) in [5.74, 6) is 0. The lowest BCUT2D eigenvalue weighted by molar-refractivity contribution is 0.986. The molecule has 0 aliphatic heterocycles. The highest BCUT2D eigenvalue weighted by atomic mass is 15.1. The summed E-state index contributed by atoms with van der Waals surface area (Å²) in [5, 5.41) is 22.4. The van der Waals surface area contributed by atoms with Crippen molar-refractivity contribution < 1.29 is 0 Å². The number of nitrogens with zero attached hydrogens (tertiary/aromatic N) is 4. The zero-order valence-electron chi connectivity index (χ0n) is 6.77. The quantitative estimate of drug-likeness (QED) is 0.361. The molecule has 0 aromatic heterocycles. The van der Waals surface area contributed by atoms with E-state index in [1.54, 1.807) is 24.3 Å². The summed E-state index contributed by atoms with van der Waals surface area (Å²) in [7, 11) is 0. The van der Waals surface area contributed by atoms with E-state index in [-0.39, 0.29) is 13.1 Å². The van der Waals surface area contributed by atoms with Gasteiger partial charge in [-0.3, -0.25) is 0 Å². The van der Waals surface area contributed by atoms with Crippen molar-refractivity contribution in [3.63, 3.8) is 0 Å². The molecule has 0 saturated heterocycles. The highest BCUT2D eigenvalue weighted by Gasteiger charge is 1.70. The summed E-state index contributed by atoms with van der Waals surface area (Å²) >= 11 is 0. The van der Waals surface area contributed by atoms with E-state index in [2.05, 4.69) is 23.4 Å². The molecule has 12 heavy (non-hydrogen) atoms. The summed E-state index contributed by atoms with van der Waals surface area (Å²) in [6, 6.07) is 3.51. The van der Waals surface area contributed by atoms with E-state index < -0.39 is 0 Å². The van der Waals surface area contributed by atoms with E-state index in [1.165, 1.54) is 0 Å². The molecule has 0 amide bonds. The van der Waals surface area contributed by atoms with Crippen LogP contribution in [0, 0.1) is 22.7 Å². The normalized spacial score (nSPS) is 7.17. The molecule has 0 atom stereocenters. The fourth-order valence-electron chi connectivity index (χ4n) is 0.163. The fourth-order valence-corrected chi connectivity index (χ4v) is 0.163. The van der Waals surface area contributed by atoms with E-state index in [0.717, 1.165) is 0 Å². The molecule has 0 unspecified atom stereocenters. The molecule has 0 saturated carbocycles. The Bertz CT molecular complexity index is 192. The van der Waals surface area contributed by atoms with Gasteiger partial charge in [0.1, 0.15) is 13.1 Å². The number of nitriles is 2. The van der Waals surface area contributed by atoms with Crippen molar-refractivity contribution in [2.24, 2.45) is 10.2 Å². The van der Waals surface area contributed by atoms with Crippen molar-refractivity contribution >= 4 is 0 Å². The van der Waals surface area contributed by atoms with Crippen LogP contribution in [0.5, 0.6) is 0 Å². The van der Waals surface area contributed by atoms with Crippen molar-refractivity contribution in [2.45, 2.75) is 0 Å². The average molecular weight is 162 g/mol. The van der Waals surface area contributed by atoms with Crippen LogP contribution in [0.15, 0.2) is 35.5 Å². The second kappa shape index (κ2) is 16.0. The maximum atomic E-state index is 7.88. The molecule has 0 heterocycles. The zero-order chi connectivity index (χ0) is 9.66. The van der Waals surface area contributed by atoms with E-state index in [4.69, 9.17) is 10.5 Å². The van der Waals surface area contributed by atoms with Gasteiger partial charge in [0.15, 0.2) is 0 Å². The first kappa shape index (κ1) is 12.7. The minimum atomic E-state index is 0.0433. The molecule has 0 radical (unpaired) electrons. The molecular weight excluding hydrogens is 152 g/mol. The van der Waals surface area contributed by atoms with Crippen molar-refractivity contribution in [1.82, 2.24) is 0 Å². The summed E-state index contributed by atoms with van der Waals surface area (Å²) < 4.78 is 0. The van der Waals surface area contributed by atoms with Gasteiger partial charge in [0.25, 0.3) is 0 Å². The van der Waals surface area contributed by atoms with Gasteiger partial charge in [0, 0.05) is 0 Å². The molecule has 0 spiro atoms. The van der Waals surface area contributed by atoms with E-state index in [9.17, 15) is 0 Å². The van der Waals surface area contributed by atoms with Gasteiger partial charge in [-0.05, 0) is 0 Å². The predicted octanol–water partition coefficient (Wildman–Crippen LogP) is 1.84. The first-order chi connectivity index (χ1) is 5.83. The fraction of sp³-hybridized carbons (Fsp3) is 0.250. The summed E-state index contributed by atoms with van der Waals surface area (Å²) in [4.78, 5) is 0. The SMILES string of the molecule is C=CC=C.N#CCN=NCC#N. The average Bonchev–Trinajstić information content (AvgIpc) is 2.13. The monoisotopic (exact) mass is 162 g/mol. The summed E-state index contributed by atoms with van der Waals surface area (Å²) in [5.41, 5.74) is 0. The van der Waals surface area contributed by atoms with Crippen molar-refractivity contribution in [3.05, 3.63) is 25.3 Å². The molecule has 0 fully saturated rings. The first-order valence-electron chi connectivity index (χ1n) is 3.14. The van der Waals surface area contributed by atoms with Crippen LogP contribution in [0.2, 0.25) is 0 Å². The molecule has 0 N–H and O–H groups in total. The lowest BCUT2D eigenvalue weighted by atomic mass is 10.6. The van der Waals surface area contributed by atoms with Gasteiger partial charge in [-0.2, -0.15) is 20.8 Å². The van der Waals surface area contributed by atoms with Gasteiger partial charge in [0.05, 0.1) is 12.1 Å². The second-order valence-electron chi connectivity index (χ2n) is 1.39. The summed E-state index contributed by atoms with van der Waals surface area (Å²) in [6.45, 7) is 6.81. The first-order valence-corrected chi connectivity index (χ1v) is 3.14. The van der Waals surface area contributed by atoms with Gasteiger partial charge in [-0.15, -0.1) is 0 Å². The van der Waals surface area contributed by atoms with Crippen molar-refractivity contribution in [1.29, 1.82) is 10.5 Å². The molecule has 62 valence electrons. The van der Waals surface area contributed by atoms with Gasteiger partial charge in [-0.25, -0.2) is 0 Å². The van der Waals surface area contributed by atoms with Crippen LogP contribution >= 0.6 is 0 Å². The Labute approximate surface area is 72.2 Å². The Hall–Kier alpha value is -1.94. The Morgan fingerprint density at radius 1 is 1.00 bits per heavy atom. The Morgan fingerprint density at radius 3 is 1.50 bits per heavy atom. The molecule has 0 rings (SSSR count). The molecule has 0 bridgehead atoms. The van der Waals surface area contributed by atoms with Crippen LogP contribution in [-0.2, 0) is 0 Å². The van der Waals surface area contributed by atoms with Crippen LogP contribution < -0.4 is 0 Å². The number of azo groups is 1. The number of allylic oxidation sites excluding steroid dienone is 2. The highest BCUT2D eigenvalue weighted by molar-refractivity contribution is 4.88. The standard InChI is InChI=1S/C4H4N4.C4H6/c5-1-3-7-8-4-2-6;1-3-4-2/h3-4H2;3-4H,1-2H2. The van der Waals surface area contributed by atoms with Gasteiger partial charge >= 0.3 is 0 Å². The zero-order valence-corrected chi connectivity index (χ0v) is 6.77. The Morgan fingerprint density at radius 2 is 1.33 bits per heavy atom. The topological polar surface area (TPSA) is 72.3 Å². The third-order valence-electron chi connectivity index (χ3n) is 0.550. The number of hydrogen-bond donors (Lipinski definition) is 0. The summed E-state index contributed by atoms with van der Waals surface area (Å²) in [6.07, 6.45) is 3.28. The lowest BCUT2D eigenvalue weighted by Crippen LogP contribution is -1.71. The van der Waals surface area contributed by atoms with Crippen LogP contribution in [0.1, 0.15) is 0 Å². The molecular formula is C8H10N4. The number of rotatable bonds is 3. The smallest absolute Gasteiger partial charge is 0.146 e. The number of hydrogen-bond acceptors (Lipinski definition) is 4. The third kappa shape index (κ3) is 24.4. The van der Waals surface area contributed by atoms with Crippen LogP contribution in [0.4, 0.5) is 0 Å². The maximum Gasteiger partial charge on any atom is 0.146 e. The van der Waals surface area contributed by atoms with Crippen molar-refractivity contribution in [2.75, 3.05) is 13.1 Å². The van der Waals surface area contributed by atoms with Gasteiger partial charge in [0.2, 0.25) is 0 Å². The lowest BCUT2D eigenvalue weighted by Gasteiger charge is -1.71. The van der Waals surface area contributed by atoms with Gasteiger partial charge < -0.3 is 0 Å². The van der Waals surface area contributed by atoms with E-state index in [0.29, 0.717) is 0 Å². The minimum absolute atomic E-state index is 0.0433. The molecule has 0 aromatic carbocycles. The maximum absolute atomic E-state index is 7.88. The van der Waals surface area contributed by atoms with Crippen LogP contribution in [0.3, 0.4) is 0 Å². The van der Waals surface area contributed by atoms with E-state index in [1.807, 2.05) is 0 Å². The van der Waals surface area contributed by atoms with E-state index >= 15 is 0 Å². The Balaban J connectivity index is 0. The van der Waals surface area contributed by atoms with Crippen LogP contribution in [-0.4, -0.2) is 13.1 Å². The van der Waals surface area contributed by atoms with Crippen LogP contribution in [0.25, 0.3) is 0 Å². The molecule has 0 aromatic rings. The predicted molar refractivity (Wildman–Crippen MR) is 46.2 cm³/mol. The molecule has 0 aliphatic carbocycles. The molecule has 4 nitrogen and oxygen atoms in total. The molecule has 0 aliphatic rings. The molecule has 4 heteroatoms. The minimum Gasteiger partial charge on any atom is -0.196 e. The third-order valence-corrected chi connectivity index (χ3v) is 0.550. The second-order valence-corrected chi connectivity index (χ2v) is 1.39. The highest BCUT2D eigenvalue weighted by Crippen LogP contribution is 1.70. The Kier molecular flexibility index (Phi) is 17.0.